The first-order chi connectivity index (χ1) is 12.8. The van der Waals surface area contributed by atoms with Gasteiger partial charge in [-0.1, -0.05) is 6.07 Å². The molecule has 3 aromatic heterocycles. The molecule has 3 N–H and O–H groups in total. The molecule has 1 amide bonds. The molecule has 0 aliphatic carbocycles. The number of carbonyl (C=O) groups excluding carboxylic acids is 1. The van der Waals surface area contributed by atoms with E-state index in [9.17, 15) is 18.0 Å². The summed E-state index contributed by atoms with van der Waals surface area (Å²) in [7, 11) is 0. The van der Waals surface area contributed by atoms with Crippen molar-refractivity contribution in [2.45, 2.75) is 12.7 Å². The molecule has 142 valence electrons. The fraction of sp³-hybridized carbons (Fsp3) is 0.133. The number of H-pyrrole nitrogens is 1. The van der Waals surface area contributed by atoms with Gasteiger partial charge in [0.05, 0.1) is 11.4 Å². The zero-order valence-corrected chi connectivity index (χ0v) is 14.2. The highest BCUT2D eigenvalue weighted by molar-refractivity contribution is 7.12. The fourth-order valence-corrected chi connectivity index (χ4v) is 2.30. The maximum atomic E-state index is 11.8. The largest absolute Gasteiger partial charge is 0.490 e. The fourth-order valence-electron chi connectivity index (χ4n) is 1.66. The molecule has 0 unspecified atom stereocenters. The summed E-state index contributed by atoms with van der Waals surface area (Å²) in [6, 6.07) is 7.28. The molecule has 0 aliphatic heterocycles. The van der Waals surface area contributed by atoms with Gasteiger partial charge < -0.3 is 10.4 Å². The van der Waals surface area contributed by atoms with Crippen molar-refractivity contribution in [2.24, 2.45) is 0 Å². The number of hydrogen-bond acceptors (Lipinski definition) is 6. The number of carboxylic acids is 1. The predicted octanol–water partition coefficient (Wildman–Crippen LogP) is 2.49. The third kappa shape index (κ3) is 6.18. The van der Waals surface area contributed by atoms with Crippen LogP contribution in [0.3, 0.4) is 0 Å². The number of nitrogens with one attached hydrogen (secondary N) is 2. The number of halogens is 3. The van der Waals surface area contributed by atoms with E-state index in [0.29, 0.717) is 23.1 Å². The standard InChI is InChI=1S/C13H11N5OS.C2HF3O2/c19-13(10-2-1-7-20-10)15-8-11-16-12(18-17-11)9-3-5-14-6-4-9;3-2(4,5)1(6)7/h1-7H,8H2,(H,15,19)(H,16,17,18);(H,6,7). The van der Waals surface area contributed by atoms with Crippen LogP contribution < -0.4 is 5.32 Å². The van der Waals surface area contributed by atoms with E-state index in [-0.39, 0.29) is 5.91 Å². The number of carbonyl (C=O) groups is 2. The van der Waals surface area contributed by atoms with Crippen molar-refractivity contribution >= 4 is 23.2 Å². The molecule has 0 fully saturated rings. The van der Waals surface area contributed by atoms with Gasteiger partial charge in [0.15, 0.2) is 5.82 Å². The number of alkyl halides is 3. The second kappa shape index (κ2) is 8.89. The second-order valence-electron chi connectivity index (χ2n) is 4.80. The Morgan fingerprint density at radius 1 is 1.22 bits per heavy atom. The Bertz CT molecular complexity index is 882. The molecule has 8 nitrogen and oxygen atoms in total. The van der Waals surface area contributed by atoms with Crippen LogP contribution in [0.4, 0.5) is 13.2 Å². The number of aliphatic carboxylic acids is 1. The highest BCUT2D eigenvalue weighted by atomic mass is 32.1. The summed E-state index contributed by atoms with van der Waals surface area (Å²) >= 11 is 1.40. The number of carboxylic acid groups (broad SMARTS) is 1. The number of amides is 1. The second-order valence-corrected chi connectivity index (χ2v) is 5.75. The highest BCUT2D eigenvalue weighted by Gasteiger charge is 2.38. The van der Waals surface area contributed by atoms with Crippen molar-refractivity contribution in [3.8, 4) is 11.4 Å². The van der Waals surface area contributed by atoms with Gasteiger partial charge in [0, 0.05) is 18.0 Å². The van der Waals surface area contributed by atoms with Crippen molar-refractivity contribution < 1.29 is 27.9 Å². The molecule has 0 radical (unpaired) electrons. The number of aromatic nitrogens is 4. The van der Waals surface area contributed by atoms with Crippen LogP contribution in [0.2, 0.25) is 0 Å². The van der Waals surface area contributed by atoms with Gasteiger partial charge >= 0.3 is 12.1 Å². The smallest absolute Gasteiger partial charge is 0.475 e. The summed E-state index contributed by atoms with van der Waals surface area (Å²) in [6.07, 6.45) is -1.71. The molecular weight excluding hydrogens is 387 g/mol. The van der Waals surface area contributed by atoms with E-state index in [1.54, 1.807) is 18.5 Å². The third-order valence-electron chi connectivity index (χ3n) is 2.87. The Kier molecular flexibility index (Phi) is 6.60. The Hall–Kier alpha value is -3.28. The summed E-state index contributed by atoms with van der Waals surface area (Å²) in [4.78, 5) is 29.6. The summed E-state index contributed by atoms with van der Waals surface area (Å²) in [5.74, 6) is -1.66. The Balaban J connectivity index is 0.000000321. The minimum absolute atomic E-state index is 0.109. The quantitative estimate of drug-likeness (QED) is 0.620. The van der Waals surface area contributed by atoms with Gasteiger partial charge in [0.1, 0.15) is 5.82 Å². The molecular formula is C15H12F3N5O3S. The summed E-state index contributed by atoms with van der Waals surface area (Å²) in [5, 5.41) is 18.7. The minimum Gasteiger partial charge on any atom is -0.475 e. The number of aromatic amines is 1. The van der Waals surface area contributed by atoms with E-state index < -0.39 is 12.1 Å². The van der Waals surface area contributed by atoms with Crippen LogP contribution in [0.1, 0.15) is 15.5 Å². The van der Waals surface area contributed by atoms with Crippen LogP contribution in [0.15, 0.2) is 42.0 Å². The van der Waals surface area contributed by atoms with Crippen molar-refractivity contribution in [1.82, 2.24) is 25.5 Å². The molecule has 3 rings (SSSR count). The van der Waals surface area contributed by atoms with Gasteiger partial charge in [-0.05, 0) is 23.6 Å². The van der Waals surface area contributed by atoms with Crippen LogP contribution >= 0.6 is 11.3 Å². The summed E-state index contributed by atoms with van der Waals surface area (Å²) < 4.78 is 31.7. The van der Waals surface area contributed by atoms with Crippen molar-refractivity contribution in [1.29, 1.82) is 0 Å². The Labute approximate surface area is 154 Å². The lowest BCUT2D eigenvalue weighted by Crippen LogP contribution is -2.22. The maximum Gasteiger partial charge on any atom is 0.490 e. The lowest BCUT2D eigenvalue weighted by molar-refractivity contribution is -0.192. The van der Waals surface area contributed by atoms with E-state index in [1.807, 2.05) is 23.6 Å². The monoisotopic (exact) mass is 399 g/mol. The predicted molar refractivity (Wildman–Crippen MR) is 88.8 cm³/mol. The summed E-state index contributed by atoms with van der Waals surface area (Å²) in [5.41, 5.74) is 0.882. The Morgan fingerprint density at radius 3 is 2.44 bits per heavy atom. The normalized spacial score (nSPS) is 10.6. The highest BCUT2D eigenvalue weighted by Crippen LogP contribution is 2.13. The molecule has 0 saturated carbocycles. The van der Waals surface area contributed by atoms with Crippen LogP contribution in [0, 0.1) is 0 Å². The first kappa shape index (κ1) is 20.0. The van der Waals surface area contributed by atoms with E-state index in [4.69, 9.17) is 9.90 Å². The number of rotatable bonds is 4. The lowest BCUT2D eigenvalue weighted by atomic mass is 10.2. The first-order valence-corrected chi connectivity index (χ1v) is 8.09. The molecule has 0 aliphatic rings. The zero-order valence-electron chi connectivity index (χ0n) is 13.4. The number of pyridine rings is 1. The van der Waals surface area contributed by atoms with Crippen LogP contribution in [0.5, 0.6) is 0 Å². The molecule has 12 heteroatoms. The van der Waals surface area contributed by atoms with Crippen LogP contribution in [-0.4, -0.2) is 43.3 Å². The molecule has 3 heterocycles. The number of thiophene rings is 1. The van der Waals surface area contributed by atoms with E-state index >= 15 is 0 Å². The van der Waals surface area contributed by atoms with Crippen LogP contribution in [0.25, 0.3) is 11.4 Å². The Morgan fingerprint density at radius 2 is 1.89 bits per heavy atom. The van der Waals surface area contributed by atoms with Gasteiger partial charge in [-0.3, -0.25) is 14.9 Å². The SMILES string of the molecule is O=C(NCc1nc(-c2ccncc2)n[nH]1)c1cccs1.O=C(O)C(F)(F)F. The van der Waals surface area contributed by atoms with Crippen LogP contribution in [-0.2, 0) is 11.3 Å². The van der Waals surface area contributed by atoms with Crippen molar-refractivity contribution in [2.75, 3.05) is 0 Å². The van der Waals surface area contributed by atoms with Crippen molar-refractivity contribution in [3.63, 3.8) is 0 Å². The van der Waals surface area contributed by atoms with Crippen molar-refractivity contribution in [3.05, 3.63) is 52.7 Å². The molecule has 0 saturated heterocycles. The zero-order chi connectivity index (χ0) is 19.9. The van der Waals surface area contributed by atoms with Gasteiger partial charge in [-0.2, -0.15) is 18.3 Å². The van der Waals surface area contributed by atoms with Gasteiger partial charge in [-0.25, -0.2) is 9.78 Å². The van der Waals surface area contributed by atoms with E-state index in [0.717, 1.165) is 5.56 Å². The average molecular weight is 399 g/mol. The first-order valence-electron chi connectivity index (χ1n) is 7.21. The summed E-state index contributed by atoms with van der Waals surface area (Å²) in [6.45, 7) is 0.314. The topological polar surface area (TPSA) is 121 Å². The molecule has 27 heavy (non-hydrogen) atoms. The van der Waals surface area contributed by atoms with Gasteiger partial charge in [0.25, 0.3) is 5.91 Å². The van der Waals surface area contributed by atoms with Gasteiger partial charge in [0.2, 0.25) is 0 Å². The molecule has 3 aromatic rings. The van der Waals surface area contributed by atoms with Gasteiger partial charge in [-0.15, -0.1) is 11.3 Å². The van der Waals surface area contributed by atoms with E-state index in [2.05, 4.69) is 25.5 Å². The maximum absolute atomic E-state index is 11.8. The average Bonchev–Trinajstić information content (AvgIpc) is 3.32. The minimum atomic E-state index is -5.08. The molecule has 0 aromatic carbocycles. The molecule has 0 bridgehead atoms. The molecule has 0 spiro atoms. The number of hydrogen-bond donors (Lipinski definition) is 3. The third-order valence-corrected chi connectivity index (χ3v) is 3.74. The van der Waals surface area contributed by atoms with E-state index in [1.165, 1.54) is 11.3 Å². The molecule has 0 atom stereocenters. The number of nitrogens with zero attached hydrogens (tertiary/aromatic N) is 3. The lowest BCUT2D eigenvalue weighted by Gasteiger charge is -1.99.